The largest absolute Gasteiger partial charge is 0.444 e. The smallest absolute Gasteiger partial charge is 0.408 e. The Morgan fingerprint density at radius 3 is 2.57 bits per heavy atom. The topological polar surface area (TPSA) is 94.8 Å². The number of ether oxygens (including phenoxy) is 2. The number of carbonyl (C=O) groups excluding carboxylic acids is 2. The van der Waals surface area contributed by atoms with Gasteiger partial charge in [-0.05, 0) is 76.6 Å². The van der Waals surface area contributed by atoms with E-state index in [2.05, 4.69) is 5.32 Å². The average molecular weight is 415 g/mol. The first-order valence-electron chi connectivity index (χ1n) is 10.4. The van der Waals surface area contributed by atoms with Crippen molar-refractivity contribution in [3.05, 3.63) is 39.2 Å². The Balaban J connectivity index is 1.92. The zero-order valence-electron chi connectivity index (χ0n) is 18.2. The van der Waals surface area contributed by atoms with E-state index in [0.29, 0.717) is 41.5 Å². The molecule has 0 bridgehead atoms. The van der Waals surface area contributed by atoms with Gasteiger partial charge in [-0.1, -0.05) is 13.3 Å². The number of fused-ring (bicyclic) bond motifs is 3. The van der Waals surface area contributed by atoms with E-state index >= 15 is 0 Å². The van der Waals surface area contributed by atoms with Gasteiger partial charge >= 0.3 is 17.7 Å². The Labute approximate surface area is 175 Å². The first-order valence-corrected chi connectivity index (χ1v) is 10.4. The van der Waals surface area contributed by atoms with Crippen LogP contribution in [-0.4, -0.2) is 23.7 Å². The van der Waals surface area contributed by atoms with Crippen LogP contribution in [0, 0.1) is 6.92 Å². The molecule has 30 heavy (non-hydrogen) atoms. The quantitative estimate of drug-likeness (QED) is 0.447. The molecule has 1 amide bonds. The molecular formula is C23H29NO6. The number of nitrogens with one attached hydrogen (secondary N) is 1. The standard InChI is InChI=1S/C23H29NO6/c1-6-8-16(24-22(27)30-23(3,4)5)21(26)29-18-12-13(2)11-17-19(18)14-9-7-10-15(14)20(25)28-17/h11-12,16H,6-10H2,1-5H3,(H,24,27). The van der Waals surface area contributed by atoms with Gasteiger partial charge in [0.15, 0.2) is 0 Å². The number of rotatable bonds is 5. The van der Waals surface area contributed by atoms with Crippen LogP contribution in [0.4, 0.5) is 4.79 Å². The molecular weight excluding hydrogens is 386 g/mol. The lowest BCUT2D eigenvalue weighted by Gasteiger charge is -2.23. The zero-order chi connectivity index (χ0) is 22.1. The summed E-state index contributed by atoms with van der Waals surface area (Å²) in [5.41, 5.74) is 1.76. The highest BCUT2D eigenvalue weighted by Crippen LogP contribution is 2.35. The summed E-state index contributed by atoms with van der Waals surface area (Å²) in [5.74, 6) is -0.225. The molecule has 1 heterocycles. The molecule has 0 saturated carbocycles. The van der Waals surface area contributed by atoms with Crippen LogP contribution in [0.25, 0.3) is 11.0 Å². The number of aryl methyl sites for hydroxylation is 2. The maximum Gasteiger partial charge on any atom is 0.408 e. The maximum absolute atomic E-state index is 12.9. The summed E-state index contributed by atoms with van der Waals surface area (Å²) in [5, 5.41) is 3.27. The minimum atomic E-state index is -0.843. The number of carbonyl (C=O) groups is 2. The molecule has 0 saturated heterocycles. The lowest BCUT2D eigenvalue weighted by molar-refractivity contribution is -0.136. The summed E-state index contributed by atoms with van der Waals surface area (Å²) in [6, 6.07) is 2.69. The van der Waals surface area contributed by atoms with Crippen LogP contribution >= 0.6 is 0 Å². The number of alkyl carbamates (subject to hydrolysis) is 1. The highest BCUT2D eigenvalue weighted by atomic mass is 16.6. The number of esters is 1. The molecule has 1 aliphatic carbocycles. The predicted octanol–water partition coefficient (Wildman–Crippen LogP) is 4.19. The Kier molecular flexibility index (Phi) is 6.19. The average Bonchev–Trinajstić information content (AvgIpc) is 3.09. The second-order valence-corrected chi connectivity index (χ2v) is 8.74. The Morgan fingerprint density at radius 2 is 1.90 bits per heavy atom. The molecule has 0 fully saturated rings. The molecule has 1 aromatic carbocycles. The lowest BCUT2D eigenvalue weighted by Crippen LogP contribution is -2.45. The highest BCUT2D eigenvalue weighted by molar-refractivity contribution is 5.92. The van der Waals surface area contributed by atoms with E-state index in [1.54, 1.807) is 32.9 Å². The van der Waals surface area contributed by atoms with E-state index in [0.717, 1.165) is 24.0 Å². The Bertz CT molecular complexity index is 1030. The van der Waals surface area contributed by atoms with Gasteiger partial charge < -0.3 is 19.2 Å². The van der Waals surface area contributed by atoms with E-state index in [-0.39, 0.29) is 5.63 Å². The van der Waals surface area contributed by atoms with Crippen molar-refractivity contribution in [3.63, 3.8) is 0 Å². The fourth-order valence-electron chi connectivity index (χ4n) is 3.75. The van der Waals surface area contributed by atoms with Gasteiger partial charge in [0.05, 0.1) is 5.39 Å². The van der Waals surface area contributed by atoms with Gasteiger partial charge in [-0.3, -0.25) is 0 Å². The lowest BCUT2D eigenvalue weighted by atomic mass is 10.0. The van der Waals surface area contributed by atoms with Gasteiger partial charge in [-0.15, -0.1) is 0 Å². The van der Waals surface area contributed by atoms with E-state index < -0.39 is 23.7 Å². The molecule has 1 atom stereocenters. The van der Waals surface area contributed by atoms with E-state index in [4.69, 9.17) is 13.9 Å². The van der Waals surface area contributed by atoms with Crippen molar-refractivity contribution in [2.75, 3.05) is 0 Å². The molecule has 1 unspecified atom stereocenters. The van der Waals surface area contributed by atoms with Gasteiger partial charge in [0, 0.05) is 5.56 Å². The summed E-state index contributed by atoms with van der Waals surface area (Å²) >= 11 is 0. The summed E-state index contributed by atoms with van der Waals surface area (Å²) in [6.45, 7) is 9.03. The van der Waals surface area contributed by atoms with Gasteiger partial charge in [0.25, 0.3) is 0 Å². The molecule has 0 spiro atoms. The molecule has 3 rings (SSSR count). The first-order chi connectivity index (χ1) is 14.1. The Morgan fingerprint density at radius 1 is 1.20 bits per heavy atom. The first kappa shape index (κ1) is 21.9. The van der Waals surface area contributed by atoms with Crippen LogP contribution in [0.5, 0.6) is 5.75 Å². The second kappa shape index (κ2) is 8.50. The van der Waals surface area contributed by atoms with Crippen molar-refractivity contribution in [2.45, 2.75) is 78.4 Å². The van der Waals surface area contributed by atoms with Gasteiger partial charge in [0.2, 0.25) is 0 Å². The van der Waals surface area contributed by atoms with Crippen LogP contribution in [0.2, 0.25) is 0 Å². The summed E-state index contributed by atoms with van der Waals surface area (Å²) in [4.78, 5) is 37.4. The minimum absolute atomic E-state index is 0.326. The minimum Gasteiger partial charge on any atom is -0.444 e. The van der Waals surface area contributed by atoms with Crippen molar-refractivity contribution in [1.82, 2.24) is 5.32 Å². The zero-order valence-corrected chi connectivity index (χ0v) is 18.2. The molecule has 162 valence electrons. The number of benzene rings is 1. The monoisotopic (exact) mass is 415 g/mol. The molecule has 0 aliphatic heterocycles. The van der Waals surface area contributed by atoms with Crippen LogP contribution in [0.15, 0.2) is 21.3 Å². The molecule has 0 radical (unpaired) electrons. The number of hydrogen-bond donors (Lipinski definition) is 1. The van der Waals surface area contributed by atoms with E-state index in [1.165, 1.54) is 0 Å². The van der Waals surface area contributed by atoms with Crippen molar-refractivity contribution < 1.29 is 23.5 Å². The van der Waals surface area contributed by atoms with E-state index in [1.807, 2.05) is 13.8 Å². The molecule has 7 nitrogen and oxygen atoms in total. The maximum atomic E-state index is 12.9. The van der Waals surface area contributed by atoms with Crippen molar-refractivity contribution in [1.29, 1.82) is 0 Å². The molecule has 1 aromatic heterocycles. The molecule has 1 N–H and O–H groups in total. The highest BCUT2D eigenvalue weighted by Gasteiger charge is 2.28. The fraction of sp³-hybridized carbons (Fsp3) is 0.522. The molecule has 1 aliphatic rings. The SMILES string of the molecule is CCCC(NC(=O)OC(C)(C)C)C(=O)Oc1cc(C)cc2oc(=O)c3c(c12)CCC3. The third kappa shape index (κ3) is 4.83. The van der Waals surface area contributed by atoms with Gasteiger partial charge in [-0.25, -0.2) is 14.4 Å². The number of hydrogen-bond acceptors (Lipinski definition) is 6. The van der Waals surface area contributed by atoms with Crippen molar-refractivity contribution in [3.8, 4) is 5.75 Å². The summed E-state index contributed by atoms with van der Waals surface area (Å²) < 4.78 is 16.5. The molecule has 2 aromatic rings. The predicted molar refractivity (Wildman–Crippen MR) is 113 cm³/mol. The third-order valence-electron chi connectivity index (χ3n) is 4.94. The summed E-state index contributed by atoms with van der Waals surface area (Å²) in [6.07, 6.45) is 2.68. The van der Waals surface area contributed by atoms with Crippen molar-refractivity contribution in [2.24, 2.45) is 0 Å². The third-order valence-corrected chi connectivity index (χ3v) is 4.94. The van der Waals surface area contributed by atoms with E-state index in [9.17, 15) is 14.4 Å². The van der Waals surface area contributed by atoms with Gasteiger partial charge in [0.1, 0.15) is 23.0 Å². The van der Waals surface area contributed by atoms with Gasteiger partial charge in [-0.2, -0.15) is 0 Å². The Hall–Kier alpha value is -2.83. The second-order valence-electron chi connectivity index (χ2n) is 8.74. The number of amides is 1. The van der Waals surface area contributed by atoms with Crippen LogP contribution in [0.3, 0.4) is 0 Å². The van der Waals surface area contributed by atoms with Crippen molar-refractivity contribution >= 4 is 23.0 Å². The molecule has 7 heteroatoms. The normalized spacial score (nSPS) is 14.3. The van der Waals surface area contributed by atoms with Crippen LogP contribution in [0.1, 0.15) is 63.6 Å². The van der Waals surface area contributed by atoms with Crippen LogP contribution in [-0.2, 0) is 22.4 Å². The fourth-order valence-corrected chi connectivity index (χ4v) is 3.75. The summed E-state index contributed by atoms with van der Waals surface area (Å²) in [7, 11) is 0. The van der Waals surface area contributed by atoms with Crippen LogP contribution < -0.4 is 15.7 Å².